The molecular formula is C16H33N. The maximum atomic E-state index is 4.26. The largest absolute Gasteiger partial charge is 0.373 e. The first-order chi connectivity index (χ1) is 7.46. The molecule has 0 spiro atoms. The lowest BCUT2D eigenvalue weighted by Gasteiger charge is -2.41. The van der Waals surface area contributed by atoms with E-state index in [4.69, 9.17) is 0 Å². The summed E-state index contributed by atoms with van der Waals surface area (Å²) in [7, 11) is 2.19. The molecule has 17 heavy (non-hydrogen) atoms. The van der Waals surface area contributed by atoms with Crippen LogP contribution in [0.1, 0.15) is 67.7 Å². The molecule has 0 aromatic heterocycles. The van der Waals surface area contributed by atoms with Gasteiger partial charge in [-0.05, 0) is 44.4 Å². The predicted molar refractivity (Wildman–Crippen MR) is 79.1 cm³/mol. The predicted octanol–water partition coefficient (Wildman–Crippen LogP) is 5.08. The van der Waals surface area contributed by atoms with E-state index in [-0.39, 0.29) is 5.54 Å². The van der Waals surface area contributed by atoms with Crippen molar-refractivity contribution in [3.05, 3.63) is 12.3 Å². The van der Waals surface area contributed by atoms with Gasteiger partial charge in [0.05, 0.1) is 0 Å². The molecule has 0 aromatic rings. The maximum Gasteiger partial charge on any atom is 0.0339 e. The highest BCUT2D eigenvalue weighted by molar-refractivity contribution is 5.01. The first-order valence-electron chi connectivity index (χ1n) is 6.87. The second-order valence-electron chi connectivity index (χ2n) is 7.61. The molecule has 0 aliphatic rings. The van der Waals surface area contributed by atoms with Gasteiger partial charge in [-0.15, -0.1) is 0 Å². The summed E-state index contributed by atoms with van der Waals surface area (Å²) in [6.07, 6.45) is 3.57. The van der Waals surface area contributed by atoms with Crippen LogP contribution in [-0.4, -0.2) is 17.5 Å². The molecule has 1 nitrogen and oxygen atoms in total. The van der Waals surface area contributed by atoms with Crippen molar-refractivity contribution in [1.29, 1.82) is 0 Å². The van der Waals surface area contributed by atoms with Crippen molar-refractivity contribution in [3.63, 3.8) is 0 Å². The summed E-state index contributed by atoms with van der Waals surface area (Å²) in [5.74, 6) is 0.776. The standard InChI is InChI=1S/C16H33N/c1-13(2)10-11-16(7,8)17(9)14(3)12-15(4,5)6/h13H,3,10-12H2,1-2,4-9H3. The average Bonchev–Trinajstić information content (AvgIpc) is 2.11. The third-order valence-electron chi connectivity index (χ3n) is 3.45. The summed E-state index contributed by atoms with van der Waals surface area (Å²) in [6, 6.07) is 0. The summed E-state index contributed by atoms with van der Waals surface area (Å²) < 4.78 is 0. The fourth-order valence-corrected chi connectivity index (χ4v) is 1.97. The summed E-state index contributed by atoms with van der Waals surface area (Å²) in [6.45, 7) is 20.3. The molecular weight excluding hydrogens is 206 g/mol. The molecule has 102 valence electrons. The molecule has 0 aromatic carbocycles. The molecule has 0 bridgehead atoms. The van der Waals surface area contributed by atoms with Crippen molar-refractivity contribution >= 4 is 0 Å². The van der Waals surface area contributed by atoms with Gasteiger partial charge >= 0.3 is 0 Å². The Bertz CT molecular complexity index is 243. The molecule has 0 N–H and O–H groups in total. The summed E-state index contributed by atoms with van der Waals surface area (Å²) in [5, 5.41) is 0. The van der Waals surface area contributed by atoms with E-state index in [9.17, 15) is 0 Å². The van der Waals surface area contributed by atoms with Gasteiger partial charge in [0.1, 0.15) is 0 Å². The molecule has 0 heterocycles. The molecule has 0 rings (SSSR count). The van der Waals surface area contributed by atoms with Crippen LogP contribution in [0.2, 0.25) is 0 Å². The van der Waals surface area contributed by atoms with Crippen LogP contribution < -0.4 is 0 Å². The van der Waals surface area contributed by atoms with E-state index < -0.39 is 0 Å². The minimum atomic E-state index is 0.215. The van der Waals surface area contributed by atoms with Gasteiger partial charge in [-0.25, -0.2) is 0 Å². The van der Waals surface area contributed by atoms with Gasteiger partial charge in [0.15, 0.2) is 0 Å². The van der Waals surface area contributed by atoms with E-state index >= 15 is 0 Å². The van der Waals surface area contributed by atoms with Crippen LogP contribution in [0.4, 0.5) is 0 Å². The molecule has 0 saturated carbocycles. The highest BCUT2D eigenvalue weighted by Crippen LogP contribution is 2.30. The minimum Gasteiger partial charge on any atom is -0.373 e. The van der Waals surface area contributed by atoms with E-state index in [0.717, 1.165) is 12.3 Å². The Hall–Kier alpha value is -0.460. The molecule has 0 amide bonds. The van der Waals surface area contributed by atoms with E-state index in [1.54, 1.807) is 0 Å². The quantitative estimate of drug-likeness (QED) is 0.624. The van der Waals surface area contributed by atoms with E-state index in [1.807, 2.05) is 0 Å². The Kier molecular flexibility index (Phi) is 5.77. The lowest BCUT2D eigenvalue weighted by molar-refractivity contribution is 0.164. The van der Waals surface area contributed by atoms with Crippen LogP contribution in [0.3, 0.4) is 0 Å². The number of hydrogen-bond donors (Lipinski definition) is 0. The number of nitrogens with zero attached hydrogens (tertiary/aromatic N) is 1. The van der Waals surface area contributed by atoms with Crippen molar-refractivity contribution in [3.8, 4) is 0 Å². The number of rotatable bonds is 6. The van der Waals surface area contributed by atoms with E-state index in [1.165, 1.54) is 18.5 Å². The Morgan fingerprint density at radius 3 is 1.94 bits per heavy atom. The first kappa shape index (κ1) is 16.5. The molecule has 0 fully saturated rings. The van der Waals surface area contributed by atoms with Gasteiger partial charge in [0.25, 0.3) is 0 Å². The van der Waals surface area contributed by atoms with Gasteiger partial charge in [-0.3, -0.25) is 0 Å². The SMILES string of the molecule is C=C(CC(C)(C)C)N(C)C(C)(C)CCC(C)C. The zero-order chi connectivity index (χ0) is 13.9. The van der Waals surface area contributed by atoms with Crippen LogP contribution in [-0.2, 0) is 0 Å². The zero-order valence-electron chi connectivity index (χ0n) is 13.4. The third kappa shape index (κ3) is 6.75. The fourth-order valence-electron chi connectivity index (χ4n) is 1.97. The molecule has 0 atom stereocenters. The topological polar surface area (TPSA) is 3.24 Å². The van der Waals surface area contributed by atoms with Crippen LogP contribution in [0.25, 0.3) is 0 Å². The van der Waals surface area contributed by atoms with Crippen molar-refractivity contribution in [1.82, 2.24) is 4.90 Å². The highest BCUT2D eigenvalue weighted by Gasteiger charge is 2.26. The van der Waals surface area contributed by atoms with Crippen molar-refractivity contribution in [2.45, 2.75) is 73.3 Å². The molecule has 0 saturated heterocycles. The van der Waals surface area contributed by atoms with Gasteiger partial charge < -0.3 is 4.90 Å². The second kappa shape index (κ2) is 5.93. The summed E-state index contributed by atoms with van der Waals surface area (Å²) in [5.41, 5.74) is 1.79. The Morgan fingerprint density at radius 2 is 1.59 bits per heavy atom. The summed E-state index contributed by atoms with van der Waals surface area (Å²) in [4.78, 5) is 2.38. The minimum absolute atomic E-state index is 0.215. The Morgan fingerprint density at radius 1 is 1.12 bits per heavy atom. The van der Waals surface area contributed by atoms with Gasteiger partial charge in [-0.1, -0.05) is 41.2 Å². The normalized spacial score (nSPS) is 13.0. The van der Waals surface area contributed by atoms with Gasteiger partial charge in [0.2, 0.25) is 0 Å². The van der Waals surface area contributed by atoms with Crippen molar-refractivity contribution < 1.29 is 0 Å². The number of allylic oxidation sites excluding steroid dienone is 1. The van der Waals surface area contributed by atoms with Gasteiger partial charge in [-0.2, -0.15) is 0 Å². The van der Waals surface area contributed by atoms with Crippen molar-refractivity contribution in [2.24, 2.45) is 11.3 Å². The molecule has 0 unspecified atom stereocenters. The van der Waals surface area contributed by atoms with Crippen LogP contribution in [0.15, 0.2) is 12.3 Å². The molecule has 0 aliphatic carbocycles. The first-order valence-corrected chi connectivity index (χ1v) is 6.87. The Labute approximate surface area is 109 Å². The summed E-state index contributed by atoms with van der Waals surface area (Å²) >= 11 is 0. The van der Waals surface area contributed by atoms with Gasteiger partial charge in [0, 0.05) is 18.3 Å². The Balaban J connectivity index is 4.45. The van der Waals surface area contributed by atoms with Crippen molar-refractivity contribution in [2.75, 3.05) is 7.05 Å². The van der Waals surface area contributed by atoms with E-state index in [0.29, 0.717) is 5.41 Å². The van der Waals surface area contributed by atoms with Crippen LogP contribution >= 0.6 is 0 Å². The molecule has 0 radical (unpaired) electrons. The molecule has 1 heteroatoms. The lowest BCUT2D eigenvalue weighted by atomic mass is 9.87. The smallest absolute Gasteiger partial charge is 0.0339 e. The average molecular weight is 239 g/mol. The molecule has 0 aliphatic heterocycles. The fraction of sp³-hybridized carbons (Fsp3) is 0.875. The second-order valence-corrected chi connectivity index (χ2v) is 7.61. The third-order valence-corrected chi connectivity index (χ3v) is 3.45. The van der Waals surface area contributed by atoms with Crippen LogP contribution in [0.5, 0.6) is 0 Å². The van der Waals surface area contributed by atoms with E-state index in [2.05, 4.69) is 67.0 Å². The number of hydrogen-bond acceptors (Lipinski definition) is 1. The lowest BCUT2D eigenvalue weighted by Crippen LogP contribution is -2.41. The monoisotopic (exact) mass is 239 g/mol. The van der Waals surface area contributed by atoms with Crippen LogP contribution in [0, 0.1) is 11.3 Å². The zero-order valence-corrected chi connectivity index (χ0v) is 13.4. The maximum absolute atomic E-state index is 4.26. The highest BCUT2D eigenvalue weighted by atomic mass is 15.2.